The Morgan fingerprint density at radius 3 is 2.76 bits per heavy atom. The molecule has 2 N–H and O–H groups in total. The summed E-state index contributed by atoms with van der Waals surface area (Å²) in [7, 11) is 0. The lowest BCUT2D eigenvalue weighted by Gasteiger charge is -2.13. The second-order valence-electron chi connectivity index (χ2n) is 5.38. The van der Waals surface area contributed by atoms with Gasteiger partial charge in [0.2, 0.25) is 5.91 Å². The van der Waals surface area contributed by atoms with Crippen molar-refractivity contribution in [2.75, 3.05) is 11.9 Å². The fourth-order valence-corrected chi connectivity index (χ4v) is 3.27. The summed E-state index contributed by atoms with van der Waals surface area (Å²) in [6, 6.07) is 11.1. The van der Waals surface area contributed by atoms with Crippen LogP contribution in [-0.4, -0.2) is 32.7 Å². The van der Waals surface area contributed by atoms with Crippen LogP contribution in [0.1, 0.15) is 20.3 Å². The van der Waals surface area contributed by atoms with Crippen molar-refractivity contribution in [1.29, 1.82) is 0 Å². The number of rotatable bonds is 7. The molecule has 1 amide bonds. The Labute approximate surface area is 150 Å². The first kappa shape index (κ1) is 17.3. The summed E-state index contributed by atoms with van der Waals surface area (Å²) in [5, 5.41) is 3.40. The number of thioether (sulfide) groups is 1. The zero-order valence-corrected chi connectivity index (χ0v) is 15.0. The average Bonchev–Trinajstić information content (AvgIpc) is 3.04. The number of hydrogen-bond acceptors (Lipinski definition) is 5. The number of imidazole rings is 1. The number of fused-ring (bicyclic) bond motifs is 1. The molecule has 0 fully saturated rings. The molecule has 6 nitrogen and oxygen atoms in total. The van der Waals surface area contributed by atoms with E-state index in [0.717, 1.165) is 17.0 Å². The predicted molar refractivity (Wildman–Crippen MR) is 100 cm³/mol. The van der Waals surface area contributed by atoms with E-state index < -0.39 is 0 Å². The molecule has 1 aromatic carbocycles. The number of ether oxygens (including phenoxy) is 1. The van der Waals surface area contributed by atoms with Crippen LogP contribution in [0.2, 0.25) is 0 Å². The molecule has 130 valence electrons. The van der Waals surface area contributed by atoms with Crippen LogP contribution >= 0.6 is 11.8 Å². The number of hydrogen-bond donors (Lipinski definition) is 2. The van der Waals surface area contributed by atoms with Crippen LogP contribution in [0.5, 0.6) is 5.75 Å². The molecule has 3 aromatic rings. The van der Waals surface area contributed by atoms with Crippen molar-refractivity contribution < 1.29 is 9.53 Å². The van der Waals surface area contributed by atoms with Crippen molar-refractivity contribution in [2.45, 2.75) is 30.7 Å². The number of aromatic amines is 1. The third-order valence-electron chi connectivity index (χ3n) is 3.59. The molecule has 0 aliphatic carbocycles. The molecule has 25 heavy (non-hydrogen) atoms. The van der Waals surface area contributed by atoms with Crippen LogP contribution in [0.3, 0.4) is 0 Å². The number of pyridine rings is 1. The number of H-pyrrole nitrogens is 1. The number of anilines is 1. The topological polar surface area (TPSA) is 79.9 Å². The lowest BCUT2D eigenvalue weighted by Crippen LogP contribution is -2.24. The molecule has 0 aliphatic rings. The van der Waals surface area contributed by atoms with Gasteiger partial charge in [0.1, 0.15) is 5.75 Å². The van der Waals surface area contributed by atoms with Gasteiger partial charge in [0.05, 0.1) is 17.4 Å². The normalized spacial score (nSPS) is 12.1. The lowest BCUT2D eigenvalue weighted by atomic mass is 10.2. The van der Waals surface area contributed by atoms with Crippen LogP contribution in [0.25, 0.3) is 11.2 Å². The molecule has 0 saturated heterocycles. The van der Waals surface area contributed by atoms with E-state index in [2.05, 4.69) is 20.3 Å². The maximum Gasteiger partial charge on any atom is 0.237 e. The van der Waals surface area contributed by atoms with Gasteiger partial charge in [-0.3, -0.25) is 4.79 Å². The predicted octanol–water partition coefficient (Wildman–Crippen LogP) is 3.87. The minimum atomic E-state index is -0.243. The van der Waals surface area contributed by atoms with Crippen molar-refractivity contribution >= 4 is 34.5 Å². The number of carbonyl (C=O) groups excluding carboxylic acids is 1. The van der Waals surface area contributed by atoms with Gasteiger partial charge in [-0.25, -0.2) is 9.97 Å². The van der Waals surface area contributed by atoms with E-state index in [1.165, 1.54) is 11.8 Å². The van der Waals surface area contributed by atoms with Gasteiger partial charge in [-0.2, -0.15) is 0 Å². The molecule has 1 unspecified atom stereocenters. The van der Waals surface area contributed by atoms with Crippen LogP contribution < -0.4 is 10.1 Å². The first-order chi connectivity index (χ1) is 12.2. The van der Waals surface area contributed by atoms with E-state index in [1.807, 2.05) is 50.2 Å². The Hall–Kier alpha value is -2.54. The molecular weight excluding hydrogens is 336 g/mol. The van der Waals surface area contributed by atoms with Crippen molar-refractivity contribution in [3.63, 3.8) is 0 Å². The van der Waals surface area contributed by atoms with Crippen molar-refractivity contribution in [3.05, 3.63) is 42.6 Å². The maximum absolute atomic E-state index is 12.6. The summed E-state index contributed by atoms with van der Waals surface area (Å²) < 4.78 is 5.41. The largest absolute Gasteiger partial charge is 0.494 e. The Bertz CT molecular complexity index is 815. The monoisotopic (exact) mass is 356 g/mol. The fraction of sp³-hybridized carbons (Fsp3) is 0.278. The van der Waals surface area contributed by atoms with Crippen molar-refractivity contribution in [2.24, 2.45) is 0 Å². The molecule has 0 radical (unpaired) electrons. The molecule has 0 saturated carbocycles. The van der Waals surface area contributed by atoms with Gasteiger partial charge < -0.3 is 15.0 Å². The van der Waals surface area contributed by atoms with Crippen LogP contribution in [0, 0.1) is 0 Å². The number of amides is 1. The minimum Gasteiger partial charge on any atom is -0.494 e. The Balaban J connectivity index is 1.66. The Kier molecular flexibility index (Phi) is 5.55. The van der Waals surface area contributed by atoms with Crippen molar-refractivity contribution in [3.8, 4) is 5.75 Å². The van der Waals surface area contributed by atoms with E-state index in [9.17, 15) is 4.79 Å². The minimum absolute atomic E-state index is 0.0509. The third kappa shape index (κ3) is 4.30. The van der Waals surface area contributed by atoms with E-state index in [0.29, 0.717) is 23.8 Å². The zero-order chi connectivity index (χ0) is 17.6. The molecular formula is C18H20N4O2S. The summed E-state index contributed by atoms with van der Waals surface area (Å²) in [5.41, 5.74) is 2.28. The SMILES string of the molecule is CCOc1ccc(NC(=O)C(CC)Sc2nc3ncccc3[nH]2)cc1. The van der Waals surface area contributed by atoms with Gasteiger partial charge in [0.25, 0.3) is 0 Å². The fourth-order valence-electron chi connectivity index (χ4n) is 2.36. The van der Waals surface area contributed by atoms with E-state index >= 15 is 0 Å². The molecule has 0 spiro atoms. The van der Waals surface area contributed by atoms with Crippen LogP contribution in [0.15, 0.2) is 47.8 Å². The molecule has 1 atom stereocenters. The highest BCUT2D eigenvalue weighted by molar-refractivity contribution is 8.00. The summed E-state index contributed by atoms with van der Waals surface area (Å²) >= 11 is 1.41. The Morgan fingerprint density at radius 2 is 2.08 bits per heavy atom. The van der Waals surface area contributed by atoms with Gasteiger partial charge in [-0.15, -0.1) is 0 Å². The van der Waals surface area contributed by atoms with E-state index in [4.69, 9.17) is 4.74 Å². The highest BCUT2D eigenvalue weighted by atomic mass is 32.2. The van der Waals surface area contributed by atoms with Gasteiger partial charge in [0.15, 0.2) is 10.8 Å². The summed E-state index contributed by atoms with van der Waals surface area (Å²) in [4.78, 5) is 24.4. The molecule has 2 heterocycles. The second kappa shape index (κ2) is 8.02. The molecule has 7 heteroatoms. The second-order valence-corrected chi connectivity index (χ2v) is 6.57. The van der Waals surface area contributed by atoms with Crippen LogP contribution in [0.4, 0.5) is 5.69 Å². The quantitative estimate of drug-likeness (QED) is 0.628. The molecule has 0 bridgehead atoms. The molecule has 0 aliphatic heterocycles. The summed E-state index contributed by atoms with van der Waals surface area (Å²) in [6.07, 6.45) is 2.39. The lowest BCUT2D eigenvalue weighted by molar-refractivity contribution is -0.115. The first-order valence-electron chi connectivity index (χ1n) is 8.20. The van der Waals surface area contributed by atoms with Crippen molar-refractivity contribution in [1.82, 2.24) is 15.0 Å². The highest BCUT2D eigenvalue weighted by Gasteiger charge is 2.20. The molecule has 3 rings (SSSR count). The Morgan fingerprint density at radius 1 is 1.28 bits per heavy atom. The van der Waals surface area contributed by atoms with Gasteiger partial charge >= 0.3 is 0 Å². The zero-order valence-electron chi connectivity index (χ0n) is 14.2. The average molecular weight is 356 g/mol. The standard InChI is InChI=1S/C18H20N4O2S/c1-3-15(25-18-21-14-6-5-11-19-16(14)22-18)17(23)20-12-7-9-13(10-8-12)24-4-2/h5-11,15H,3-4H2,1-2H3,(H,20,23)(H,19,21,22). The van der Waals surface area contributed by atoms with Gasteiger partial charge in [-0.05, 0) is 49.7 Å². The number of aromatic nitrogens is 3. The summed E-state index contributed by atoms with van der Waals surface area (Å²) in [6.45, 7) is 4.54. The molecule has 2 aromatic heterocycles. The van der Waals surface area contributed by atoms with Gasteiger partial charge in [0, 0.05) is 11.9 Å². The third-order valence-corrected chi connectivity index (χ3v) is 4.83. The van der Waals surface area contributed by atoms with Crippen LogP contribution in [-0.2, 0) is 4.79 Å². The maximum atomic E-state index is 12.6. The number of carbonyl (C=O) groups is 1. The van der Waals surface area contributed by atoms with Gasteiger partial charge in [-0.1, -0.05) is 18.7 Å². The van der Waals surface area contributed by atoms with E-state index in [-0.39, 0.29) is 11.2 Å². The number of nitrogens with zero attached hydrogens (tertiary/aromatic N) is 2. The number of benzene rings is 1. The van der Waals surface area contributed by atoms with E-state index in [1.54, 1.807) is 6.20 Å². The number of nitrogens with one attached hydrogen (secondary N) is 2. The highest BCUT2D eigenvalue weighted by Crippen LogP contribution is 2.26. The first-order valence-corrected chi connectivity index (χ1v) is 9.08. The summed E-state index contributed by atoms with van der Waals surface area (Å²) in [5.74, 6) is 0.738. The smallest absolute Gasteiger partial charge is 0.237 e.